The van der Waals surface area contributed by atoms with Crippen LogP contribution < -0.4 is 11.1 Å². The van der Waals surface area contributed by atoms with Crippen LogP contribution in [0.2, 0.25) is 0 Å². The largest absolute Gasteiger partial charge is 0.374 e. The van der Waals surface area contributed by atoms with Crippen LogP contribution >= 0.6 is 11.3 Å². The third-order valence-electron chi connectivity index (χ3n) is 3.77. The van der Waals surface area contributed by atoms with Gasteiger partial charge in [-0.1, -0.05) is 11.3 Å². The van der Waals surface area contributed by atoms with E-state index >= 15 is 0 Å². The number of nitrogens with one attached hydrogen (secondary N) is 1. The first-order valence-corrected chi connectivity index (χ1v) is 8.63. The molecule has 0 unspecified atom stereocenters. The first-order valence-electron chi connectivity index (χ1n) is 7.81. The van der Waals surface area contributed by atoms with Gasteiger partial charge in [0.2, 0.25) is 16.9 Å². The van der Waals surface area contributed by atoms with Gasteiger partial charge in [-0.15, -0.1) is 10.2 Å². The summed E-state index contributed by atoms with van der Waals surface area (Å²) in [6.07, 6.45) is 2.01. The molecule has 1 aromatic rings. The lowest BCUT2D eigenvalue weighted by Crippen LogP contribution is -2.44. The fraction of sp³-hybridized carbons (Fsp3) is 0.714. The third-order valence-corrected chi connectivity index (χ3v) is 4.58. The van der Waals surface area contributed by atoms with Crippen molar-refractivity contribution in [2.24, 2.45) is 5.92 Å². The van der Waals surface area contributed by atoms with Gasteiger partial charge in [0.15, 0.2) is 0 Å². The number of hydrogen-bond acceptors (Lipinski definition) is 7. The minimum absolute atomic E-state index is 0.000401. The number of piperidine rings is 1. The van der Waals surface area contributed by atoms with Crippen LogP contribution in [0.3, 0.4) is 0 Å². The number of anilines is 1. The number of hydrogen-bond donors (Lipinski definition) is 2. The fourth-order valence-electron chi connectivity index (χ4n) is 2.48. The van der Waals surface area contributed by atoms with Crippen molar-refractivity contribution in [1.29, 1.82) is 0 Å². The first kappa shape index (κ1) is 17.6. The molecule has 1 aliphatic heterocycles. The summed E-state index contributed by atoms with van der Waals surface area (Å²) in [5.74, 6) is 0.00425. The molecule has 1 saturated heterocycles. The minimum atomic E-state index is -0.0365. The lowest BCUT2D eigenvalue weighted by atomic mass is 9.96. The van der Waals surface area contributed by atoms with Crippen molar-refractivity contribution in [2.45, 2.75) is 26.2 Å². The Kier molecular flexibility index (Phi) is 6.72. The van der Waals surface area contributed by atoms with E-state index in [1.807, 2.05) is 6.92 Å². The van der Waals surface area contributed by atoms with Crippen LogP contribution in [0.15, 0.2) is 0 Å². The number of rotatable bonds is 7. The second kappa shape index (κ2) is 8.78. The average Bonchev–Trinajstić information content (AvgIpc) is 2.98. The van der Waals surface area contributed by atoms with Gasteiger partial charge < -0.3 is 20.7 Å². The van der Waals surface area contributed by atoms with Crippen LogP contribution in [-0.2, 0) is 20.7 Å². The SMILES string of the molecule is CCOCC(=O)N1CCC(C(=O)NCCc2nnc(N)s2)CC1. The summed E-state index contributed by atoms with van der Waals surface area (Å²) in [4.78, 5) is 25.8. The quantitative estimate of drug-likeness (QED) is 0.725. The van der Waals surface area contributed by atoms with E-state index < -0.39 is 0 Å². The van der Waals surface area contributed by atoms with E-state index in [4.69, 9.17) is 10.5 Å². The number of nitrogen functional groups attached to an aromatic ring is 1. The zero-order valence-electron chi connectivity index (χ0n) is 13.3. The van der Waals surface area contributed by atoms with Gasteiger partial charge in [0.25, 0.3) is 0 Å². The van der Waals surface area contributed by atoms with Crippen LogP contribution in [0.5, 0.6) is 0 Å². The number of aromatic nitrogens is 2. The van der Waals surface area contributed by atoms with Crippen molar-refractivity contribution in [3.8, 4) is 0 Å². The Bertz CT molecular complexity index is 528. The maximum atomic E-state index is 12.1. The number of ether oxygens (including phenoxy) is 1. The number of nitrogens with two attached hydrogens (primary N) is 1. The number of likely N-dealkylation sites (tertiary alicyclic amines) is 1. The van der Waals surface area contributed by atoms with E-state index in [0.29, 0.717) is 50.6 Å². The minimum Gasteiger partial charge on any atom is -0.374 e. The number of carbonyl (C=O) groups excluding carboxylic acids is 2. The predicted molar refractivity (Wildman–Crippen MR) is 86.8 cm³/mol. The van der Waals surface area contributed by atoms with Gasteiger partial charge in [-0.25, -0.2) is 0 Å². The molecule has 128 valence electrons. The molecule has 2 amide bonds. The Morgan fingerprint density at radius 3 is 2.74 bits per heavy atom. The van der Waals surface area contributed by atoms with Crippen molar-refractivity contribution >= 4 is 28.3 Å². The van der Waals surface area contributed by atoms with Gasteiger partial charge >= 0.3 is 0 Å². The molecule has 1 fully saturated rings. The summed E-state index contributed by atoms with van der Waals surface area (Å²) in [5.41, 5.74) is 5.51. The zero-order chi connectivity index (χ0) is 16.7. The number of nitrogens with zero attached hydrogens (tertiary/aromatic N) is 3. The van der Waals surface area contributed by atoms with E-state index in [9.17, 15) is 9.59 Å². The van der Waals surface area contributed by atoms with Gasteiger partial charge in [-0.05, 0) is 19.8 Å². The topological polar surface area (TPSA) is 110 Å². The molecule has 0 spiro atoms. The summed E-state index contributed by atoms with van der Waals surface area (Å²) in [7, 11) is 0. The van der Waals surface area contributed by atoms with Gasteiger partial charge in [0.1, 0.15) is 11.6 Å². The van der Waals surface area contributed by atoms with Crippen molar-refractivity contribution in [1.82, 2.24) is 20.4 Å². The van der Waals surface area contributed by atoms with Gasteiger partial charge in [-0.2, -0.15) is 0 Å². The molecule has 3 N–H and O–H groups in total. The average molecular weight is 341 g/mol. The molecular weight excluding hydrogens is 318 g/mol. The van der Waals surface area contributed by atoms with Gasteiger partial charge in [-0.3, -0.25) is 9.59 Å². The first-order chi connectivity index (χ1) is 11.1. The number of carbonyl (C=O) groups is 2. The maximum absolute atomic E-state index is 12.1. The smallest absolute Gasteiger partial charge is 0.248 e. The predicted octanol–water partition coefficient (Wildman–Crippen LogP) is 0.0541. The van der Waals surface area contributed by atoms with E-state index in [0.717, 1.165) is 5.01 Å². The van der Waals surface area contributed by atoms with E-state index in [2.05, 4.69) is 15.5 Å². The molecule has 1 aromatic heterocycles. The van der Waals surface area contributed by atoms with Crippen LogP contribution in [0.1, 0.15) is 24.8 Å². The van der Waals surface area contributed by atoms with Crippen LogP contribution in [0.4, 0.5) is 5.13 Å². The van der Waals surface area contributed by atoms with E-state index in [1.54, 1.807) is 4.90 Å². The van der Waals surface area contributed by atoms with Gasteiger partial charge in [0, 0.05) is 38.6 Å². The molecule has 23 heavy (non-hydrogen) atoms. The summed E-state index contributed by atoms with van der Waals surface area (Å²) in [5, 5.41) is 11.8. The van der Waals surface area contributed by atoms with Crippen molar-refractivity contribution in [3.63, 3.8) is 0 Å². The van der Waals surface area contributed by atoms with E-state index in [-0.39, 0.29) is 24.3 Å². The Balaban J connectivity index is 1.66. The summed E-state index contributed by atoms with van der Waals surface area (Å²) >= 11 is 1.33. The lowest BCUT2D eigenvalue weighted by molar-refractivity contribution is -0.139. The highest BCUT2D eigenvalue weighted by Crippen LogP contribution is 2.17. The highest BCUT2D eigenvalue weighted by molar-refractivity contribution is 7.15. The van der Waals surface area contributed by atoms with Crippen LogP contribution in [-0.4, -0.2) is 59.8 Å². The lowest BCUT2D eigenvalue weighted by Gasteiger charge is -2.31. The summed E-state index contributed by atoms with van der Waals surface area (Å²) in [6, 6.07) is 0. The molecule has 2 heterocycles. The molecular formula is C14H23N5O3S. The third kappa shape index (κ3) is 5.43. The Hall–Kier alpha value is -1.74. The number of amides is 2. The maximum Gasteiger partial charge on any atom is 0.248 e. The van der Waals surface area contributed by atoms with Crippen LogP contribution in [0.25, 0.3) is 0 Å². The monoisotopic (exact) mass is 341 g/mol. The Labute approximate surface area is 139 Å². The van der Waals surface area contributed by atoms with Gasteiger partial charge in [0.05, 0.1) is 0 Å². The Morgan fingerprint density at radius 1 is 1.39 bits per heavy atom. The van der Waals surface area contributed by atoms with Crippen molar-refractivity contribution < 1.29 is 14.3 Å². The van der Waals surface area contributed by atoms with Crippen LogP contribution in [0, 0.1) is 5.92 Å². The molecule has 0 bridgehead atoms. The molecule has 0 aromatic carbocycles. The Morgan fingerprint density at radius 2 is 2.13 bits per heavy atom. The molecule has 0 saturated carbocycles. The zero-order valence-corrected chi connectivity index (χ0v) is 14.1. The molecule has 0 aliphatic carbocycles. The second-order valence-corrected chi connectivity index (χ2v) is 6.46. The molecule has 0 radical (unpaired) electrons. The molecule has 2 rings (SSSR count). The standard InChI is InChI=1S/C14H23N5O3S/c1-2-22-9-12(20)19-7-4-10(5-8-19)13(21)16-6-3-11-17-18-14(15)23-11/h10H,2-9H2,1H3,(H2,15,18)(H,16,21). The highest BCUT2D eigenvalue weighted by atomic mass is 32.1. The van der Waals surface area contributed by atoms with E-state index in [1.165, 1.54) is 11.3 Å². The van der Waals surface area contributed by atoms with Crippen molar-refractivity contribution in [3.05, 3.63) is 5.01 Å². The second-order valence-electron chi connectivity index (χ2n) is 5.37. The fourth-order valence-corrected chi connectivity index (χ4v) is 3.09. The molecule has 0 atom stereocenters. The van der Waals surface area contributed by atoms with Crippen molar-refractivity contribution in [2.75, 3.05) is 38.6 Å². The molecule has 9 heteroatoms. The molecule has 1 aliphatic rings. The summed E-state index contributed by atoms with van der Waals surface area (Å²) in [6.45, 7) is 4.26. The summed E-state index contributed by atoms with van der Waals surface area (Å²) < 4.78 is 5.13. The highest BCUT2D eigenvalue weighted by Gasteiger charge is 2.27. The normalized spacial score (nSPS) is 15.6. The molecule has 8 nitrogen and oxygen atoms in total.